The second-order valence-corrected chi connectivity index (χ2v) is 7.06. The Morgan fingerprint density at radius 2 is 2.21 bits per heavy atom. The number of carbonyl (C=O) groups is 1. The number of H-pyrrole nitrogens is 1. The summed E-state index contributed by atoms with van der Waals surface area (Å²) in [6, 6.07) is 10.2. The average molecular weight is 376 g/mol. The topological polar surface area (TPSA) is 70.2 Å². The Kier molecular flexibility index (Phi) is 5.12. The van der Waals surface area contributed by atoms with Crippen molar-refractivity contribution in [3.05, 3.63) is 65.0 Å². The second-order valence-electron chi connectivity index (χ2n) is 7.06. The number of rotatable bonds is 4. The van der Waals surface area contributed by atoms with E-state index in [0.717, 1.165) is 34.7 Å². The van der Waals surface area contributed by atoms with Crippen LogP contribution in [-0.2, 0) is 22.7 Å². The van der Waals surface area contributed by atoms with Crippen LogP contribution in [0.15, 0.2) is 42.6 Å². The van der Waals surface area contributed by atoms with Gasteiger partial charge < -0.3 is 19.9 Å². The van der Waals surface area contributed by atoms with E-state index in [-0.39, 0.29) is 5.91 Å². The van der Waals surface area contributed by atoms with Crippen molar-refractivity contribution in [1.29, 1.82) is 0 Å². The molecule has 3 aromatic rings. The van der Waals surface area contributed by atoms with Gasteiger partial charge in [0.2, 0.25) is 5.91 Å². The minimum atomic E-state index is -0.0534. The standard InChI is InChI=1S/C22H24N4O2/c1-15-18-5-3-4-6-19(18)25-20(15)13-26(2)21(27)8-7-16-11-17-14-28-10-9-23-22(17)24-12-16/h3-8,11-12,25H,9-10,13-14H2,1-2H3,(H,23,24). The zero-order valence-corrected chi connectivity index (χ0v) is 16.2. The summed E-state index contributed by atoms with van der Waals surface area (Å²) in [5.41, 5.74) is 5.23. The number of anilines is 1. The number of benzene rings is 1. The Bertz CT molecular complexity index is 1040. The van der Waals surface area contributed by atoms with Crippen LogP contribution in [0.4, 0.5) is 5.82 Å². The zero-order chi connectivity index (χ0) is 19.5. The highest BCUT2D eigenvalue weighted by atomic mass is 16.5. The van der Waals surface area contributed by atoms with Crippen molar-refractivity contribution < 1.29 is 9.53 Å². The molecule has 0 atom stereocenters. The van der Waals surface area contributed by atoms with E-state index < -0.39 is 0 Å². The first-order chi connectivity index (χ1) is 13.6. The van der Waals surface area contributed by atoms with Crippen molar-refractivity contribution >= 4 is 28.7 Å². The summed E-state index contributed by atoms with van der Waals surface area (Å²) in [4.78, 5) is 22.1. The lowest BCUT2D eigenvalue weighted by Gasteiger charge is -2.15. The summed E-state index contributed by atoms with van der Waals surface area (Å²) in [6.45, 7) is 4.57. The molecule has 0 saturated heterocycles. The smallest absolute Gasteiger partial charge is 0.246 e. The maximum atomic E-state index is 12.6. The van der Waals surface area contributed by atoms with Gasteiger partial charge in [-0.2, -0.15) is 0 Å². The lowest BCUT2D eigenvalue weighted by Crippen LogP contribution is -2.24. The molecule has 0 unspecified atom stereocenters. The Balaban J connectivity index is 1.45. The minimum Gasteiger partial charge on any atom is -0.375 e. The third-order valence-corrected chi connectivity index (χ3v) is 5.04. The number of aromatic nitrogens is 2. The first-order valence-electron chi connectivity index (χ1n) is 9.42. The molecule has 4 rings (SSSR count). The minimum absolute atomic E-state index is 0.0534. The monoisotopic (exact) mass is 376 g/mol. The van der Waals surface area contributed by atoms with Crippen LogP contribution >= 0.6 is 0 Å². The molecule has 0 saturated carbocycles. The number of nitrogens with zero attached hydrogens (tertiary/aromatic N) is 2. The Hall–Kier alpha value is -3.12. The van der Waals surface area contributed by atoms with Crippen molar-refractivity contribution in [3.63, 3.8) is 0 Å². The van der Waals surface area contributed by atoms with Crippen molar-refractivity contribution in [3.8, 4) is 0 Å². The lowest BCUT2D eigenvalue weighted by molar-refractivity contribution is -0.125. The molecule has 2 N–H and O–H groups in total. The summed E-state index contributed by atoms with van der Waals surface area (Å²) < 4.78 is 5.54. The molecule has 28 heavy (non-hydrogen) atoms. The van der Waals surface area contributed by atoms with Crippen LogP contribution in [0.2, 0.25) is 0 Å². The molecule has 1 aromatic carbocycles. The fraction of sp³-hybridized carbons (Fsp3) is 0.273. The number of hydrogen-bond donors (Lipinski definition) is 2. The molecule has 144 valence electrons. The number of ether oxygens (including phenoxy) is 1. The predicted octanol–water partition coefficient (Wildman–Crippen LogP) is 3.49. The highest BCUT2D eigenvalue weighted by molar-refractivity contribution is 5.92. The number of fused-ring (bicyclic) bond motifs is 2. The van der Waals surface area contributed by atoms with Gasteiger partial charge in [0, 0.05) is 48.0 Å². The third-order valence-electron chi connectivity index (χ3n) is 5.04. The van der Waals surface area contributed by atoms with Gasteiger partial charge in [-0.15, -0.1) is 0 Å². The highest BCUT2D eigenvalue weighted by Crippen LogP contribution is 2.22. The summed E-state index contributed by atoms with van der Waals surface area (Å²) >= 11 is 0. The van der Waals surface area contributed by atoms with Crippen molar-refractivity contribution in [1.82, 2.24) is 14.9 Å². The van der Waals surface area contributed by atoms with E-state index in [2.05, 4.69) is 34.3 Å². The number of aromatic amines is 1. The van der Waals surface area contributed by atoms with Crippen molar-refractivity contribution in [2.45, 2.75) is 20.1 Å². The maximum Gasteiger partial charge on any atom is 0.246 e. The van der Waals surface area contributed by atoms with Crippen LogP contribution in [0.3, 0.4) is 0 Å². The number of hydrogen-bond acceptors (Lipinski definition) is 4. The lowest BCUT2D eigenvalue weighted by atomic mass is 10.1. The summed E-state index contributed by atoms with van der Waals surface area (Å²) in [5, 5.41) is 4.44. The van der Waals surface area contributed by atoms with Crippen LogP contribution in [-0.4, -0.2) is 41.0 Å². The molecule has 0 spiro atoms. The van der Waals surface area contributed by atoms with Gasteiger partial charge in [0.05, 0.1) is 19.8 Å². The number of aryl methyl sites for hydroxylation is 1. The van der Waals surface area contributed by atoms with Gasteiger partial charge in [-0.05, 0) is 36.3 Å². The van der Waals surface area contributed by atoms with Crippen LogP contribution in [0.5, 0.6) is 0 Å². The molecular weight excluding hydrogens is 352 g/mol. The molecule has 1 aliphatic rings. The largest absolute Gasteiger partial charge is 0.375 e. The second kappa shape index (κ2) is 7.86. The number of pyridine rings is 1. The zero-order valence-electron chi connectivity index (χ0n) is 16.2. The Labute approximate surface area is 164 Å². The fourth-order valence-electron chi connectivity index (χ4n) is 3.42. The molecule has 2 aromatic heterocycles. The molecule has 1 amide bonds. The molecule has 0 radical (unpaired) electrons. The molecule has 0 bridgehead atoms. The van der Waals surface area contributed by atoms with E-state index in [1.807, 2.05) is 25.2 Å². The van der Waals surface area contributed by atoms with Gasteiger partial charge >= 0.3 is 0 Å². The first kappa shape index (κ1) is 18.3. The normalized spacial score (nSPS) is 13.9. The summed E-state index contributed by atoms with van der Waals surface area (Å²) in [6.07, 6.45) is 5.16. The Morgan fingerprint density at radius 1 is 1.36 bits per heavy atom. The first-order valence-corrected chi connectivity index (χ1v) is 9.42. The molecule has 0 aliphatic carbocycles. The molecule has 6 nitrogen and oxygen atoms in total. The number of nitrogens with one attached hydrogen (secondary N) is 2. The SMILES string of the molecule is Cc1c(CN(C)C(=O)C=Cc2cnc3c(c2)COCCN3)[nH]c2ccccc12. The van der Waals surface area contributed by atoms with Gasteiger partial charge in [0.25, 0.3) is 0 Å². The van der Waals surface area contributed by atoms with Gasteiger partial charge in [-0.25, -0.2) is 4.98 Å². The van der Waals surface area contributed by atoms with E-state index in [0.29, 0.717) is 19.8 Å². The number of amides is 1. The number of carbonyl (C=O) groups excluding carboxylic acids is 1. The fourth-order valence-corrected chi connectivity index (χ4v) is 3.42. The van der Waals surface area contributed by atoms with Crippen LogP contribution in [0, 0.1) is 6.92 Å². The van der Waals surface area contributed by atoms with Crippen LogP contribution < -0.4 is 5.32 Å². The highest BCUT2D eigenvalue weighted by Gasteiger charge is 2.12. The summed E-state index contributed by atoms with van der Waals surface area (Å²) in [7, 11) is 1.81. The van der Waals surface area contributed by atoms with Crippen LogP contribution in [0.1, 0.15) is 22.4 Å². The van der Waals surface area contributed by atoms with Gasteiger partial charge in [-0.3, -0.25) is 4.79 Å². The van der Waals surface area contributed by atoms with E-state index >= 15 is 0 Å². The Morgan fingerprint density at radius 3 is 3.07 bits per heavy atom. The van der Waals surface area contributed by atoms with E-state index in [1.54, 1.807) is 23.2 Å². The molecule has 3 heterocycles. The van der Waals surface area contributed by atoms with Crippen LogP contribution in [0.25, 0.3) is 17.0 Å². The van der Waals surface area contributed by atoms with Gasteiger partial charge in [-0.1, -0.05) is 18.2 Å². The predicted molar refractivity (Wildman–Crippen MR) is 111 cm³/mol. The average Bonchev–Trinajstić information content (AvgIpc) is 2.88. The number of para-hydroxylation sites is 1. The van der Waals surface area contributed by atoms with Gasteiger partial charge in [0.1, 0.15) is 5.82 Å². The molecular formula is C22H24N4O2. The van der Waals surface area contributed by atoms with Gasteiger partial charge in [0.15, 0.2) is 0 Å². The van der Waals surface area contributed by atoms with E-state index in [1.165, 1.54) is 10.9 Å². The van der Waals surface area contributed by atoms with E-state index in [4.69, 9.17) is 4.74 Å². The van der Waals surface area contributed by atoms with Crippen molar-refractivity contribution in [2.24, 2.45) is 0 Å². The van der Waals surface area contributed by atoms with Crippen molar-refractivity contribution in [2.75, 3.05) is 25.5 Å². The molecule has 1 aliphatic heterocycles. The van der Waals surface area contributed by atoms with E-state index in [9.17, 15) is 4.79 Å². The summed E-state index contributed by atoms with van der Waals surface area (Å²) in [5.74, 6) is 0.801. The quantitative estimate of drug-likeness (QED) is 0.684. The maximum absolute atomic E-state index is 12.6. The molecule has 0 fully saturated rings. The molecule has 6 heteroatoms. The third kappa shape index (κ3) is 3.77. The number of likely N-dealkylation sites (N-methyl/N-ethyl adjacent to an activating group) is 1.